The summed E-state index contributed by atoms with van der Waals surface area (Å²) in [7, 11) is 0. The highest BCUT2D eigenvalue weighted by molar-refractivity contribution is 9.10. The molecular formula is C16H14BrClN2O4. The van der Waals surface area contributed by atoms with Gasteiger partial charge in [-0.1, -0.05) is 17.7 Å². The van der Waals surface area contributed by atoms with E-state index in [1.807, 2.05) is 26.0 Å². The largest absolute Gasteiger partial charge is 0.482 e. The van der Waals surface area contributed by atoms with Gasteiger partial charge in [0.15, 0.2) is 6.61 Å². The molecule has 0 aliphatic heterocycles. The average molecular weight is 414 g/mol. The molecule has 1 N–H and O–H groups in total. The van der Waals surface area contributed by atoms with Crippen LogP contribution in [0.4, 0.5) is 11.4 Å². The molecule has 126 valence electrons. The van der Waals surface area contributed by atoms with Crippen LogP contribution in [0.3, 0.4) is 0 Å². The molecule has 0 heterocycles. The molecule has 2 rings (SSSR count). The summed E-state index contributed by atoms with van der Waals surface area (Å²) in [6, 6.07) is 7.67. The van der Waals surface area contributed by atoms with Gasteiger partial charge in [-0.2, -0.15) is 0 Å². The van der Waals surface area contributed by atoms with Crippen molar-refractivity contribution in [2.75, 3.05) is 11.9 Å². The number of nitrogens with zero attached hydrogens (tertiary/aromatic N) is 1. The van der Waals surface area contributed by atoms with E-state index >= 15 is 0 Å². The van der Waals surface area contributed by atoms with Crippen LogP contribution in [-0.2, 0) is 4.79 Å². The van der Waals surface area contributed by atoms with E-state index in [1.54, 1.807) is 0 Å². The first-order valence-electron chi connectivity index (χ1n) is 6.91. The third kappa shape index (κ3) is 4.46. The van der Waals surface area contributed by atoms with Gasteiger partial charge in [-0.05, 0) is 53.0 Å². The van der Waals surface area contributed by atoms with Gasteiger partial charge in [0.1, 0.15) is 5.75 Å². The molecule has 0 aliphatic rings. The van der Waals surface area contributed by atoms with E-state index in [9.17, 15) is 14.9 Å². The lowest BCUT2D eigenvalue weighted by molar-refractivity contribution is -0.384. The van der Waals surface area contributed by atoms with Crippen LogP contribution in [0.5, 0.6) is 5.75 Å². The quantitative estimate of drug-likeness (QED) is 0.571. The molecule has 24 heavy (non-hydrogen) atoms. The average Bonchev–Trinajstić information content (AvgIpc) is 2.48. The Morgan fingerprint density at radius 2 is 2.04 bits per heavy atom. The summed E-state index contributed by atoms with van der Waals surface area (Å²) in [5.41, 5.74) is 2.13. The molecule has 0 aliphatic carbocycles. The second-order valence-corrected chi connectivity index (χ2v) is 6.41. The third-order valence-corrected chi connectivity index (χ3v) is 4.06. The van der Waals surface area contributed by atoms with Crippen LogP contribution >= 0.6 is 27.5 Å². The van der Waals surface area contributed by atoms with Crippen LogP contribution in [-0.4, -0.2) is 17.4 Å². The van der Waals surface area contributed by atoms with Crippen molar-refractivity contribution in [3.8, 4) is 5.75 Å². The van der Waals surface area contributed by atoms with Gasteiger partial charge in [-0.25, -0.2) is 0 Å². The van der Waals surface area contributed by atoms with Crippen molar-refractivity contribution in [1.82, 2.24) is 0 Å². The maximum Gasteiger partial charge on any atom is 0.271 e. The lowest BCUT2D eigenvalue weighted by atomic mass is 10.1. The Kier molecular flexibility index (Phi) is 5.80. The van der Waals surface area contributed by atoms with Crippen LogP contribution in [0.25, 0.3) is 0 Å². The van der Waals surface area contributed by atoms with Crippen molar-refractivity contribution in [3.05, 3.63) is 61.1 Å². The van der Waals surface area contributed by atoms with Crippen molar-refractivity contribution in [3.63, 3.8) is 0 Å². The smallest absolute Gasteiger partial charge is 0.271 e. The number of amides is 1. The number of carbonyl (C=O) groups excluding carboxylic acids is 1. The van der Waals surface area contributed by atoms with Crippen molar-refractivity contribution in [1.29, 1.82) is 0 Å². The first-order chi connectivity index (χ1) is 11.3. The molecule has 0 radical (unpaired) electrons. The molecule has 1 amide bonds. The highest BCUT2D eigenvalue weighted by Crippen LogP contribution is 2.30. The molecule has 0 saturated heterocycles. The zero-order valence-corrected chi connectivity index (χ0v) is 15.3. The number of nitrogens with one attached hydrogen (secondary N) is 1. The molecular weight excluding hydrogens is 400 g/mol. The monoisotopic (exact) mass is 412 g/mol. The molecule has 8 heteroatoms. The Hall–Kier alpha value is -2.12. The minimum absolute atomic E-state index is 0.0882. The van der Waals surface area contributed by atoms with E-state index in [0.29, 0.717) is 5.75 Å². The molecule has 2 aromatic carbocycles. The Balaban J connectivity index is 2.03. The number of halogens is 2. The number of non-ortho nitro benzene ring substituents is 1. The lowest BCUT2D eigenvalue weighted by Crippen LogP contribution is -2.20. The molecule has 0 aromatic heterocycles. The zero-order valence-electron chi connectivity index (χ0n) is 12.9. The molecule has 0 spiro atoms. The third-order valence-electron chi connectivity index (χ3n) is 3.16. The number of rotatable bonds is 5. The van der Waals surface area contributed by atoms with Gasteiger partial charge >= 0.3 is 0 Å². The van der Waals surface area contributed by atoms with Crippen molar-refractivity contribution < 1.29 is 14.5 Å². The van der Waals surface area contributed by atoms with Gasteiger partial charge in [-0.3, -0.25) is 14.9 Å². The minimum Gasteiger partial charge on any atom is -0.482 e. The first kappa shape index (κ1) is 18.2. The standard InChI is InChI=1S/C16H14BrClN2O4/c1-9-5-10(2)16(12(17)6-9)24-8-15(21)19-14-4-3-11(20(22)23)7-13(14)18/h3-7H,8H2,1-2H3,(H,19,21). The van der Waals surface area contributed by atoms with Crippen molar-refractivity contribution >= 4 is 44.8 Å². The normalized spacial score (nSPS) is 10.3. The Bertz CT molecular complexity index is 788. The van der Waals surface area contributed by atoms with Gasteiger partial charge in [0, 0.05) is 12.1 Å². The summed E-state index contributed by atoms with van der Waals surface area (Å²) >= 11 is 9.34. The number of anilines is 1. The van der Waals surface area contributed by atoms with Crippen molar-refractivity contribution in [2.45, 2.75) is 13.8 Å². The fourth-order valence-electron chi connectivity index (χ4n) is 2.13. The number of benzene rings is 2. The summed E-state index contributed by atoms with van der Waals surface area (Å²) in [6.45, 7) is 3.64. The predicted octanol–water partition coefficient (Wildman–Crippen LogP) is 4.65. The number of ether oxygens (including phenoxy) is 1. The van der Waals surface area contributed by atoms with Gasteiger partial charge in [0.25, 0.3) is 11.6 Å². The SMILES string of the molecule is Cc1cc(C)c(OCC(=O)Nc2ccc([N+](=O)[O-])cc2Cl)c(Br)c1. The highest BCUT2D eigenvalue weighted by Gasteiger charge is 2.13. The summed E-state index contributed by atoms with van der Waals surface area (Å²) in [5.74, 6) is 0.170. The summed E-state index contributed by atoms with van der Waals surface area (Å²) in [5, 5.41) is 13.3. The lowest BCUT2D eigenvalue weighted by Gasteiger charge is -2.12. The van der Waals surface area contributed by atoms with Crippen LogP contribution in [0, 0.1) is 24.0 Å². The highest BCUT2D eigenvalue weighted by atomic mass is 79.9. The first-order valence-corrected chi connectivity index (χ1v) is 8.08. The minimum atomic E-state index is -0.557. The van der Waals surface area contributed by atoms with Crippen LogP contribution < -0.4 is 10.1 Å². The second-order valence-electron chi connectivity index (χ2n) is 5.15. The molecule has 0 fully saturated rings. The molecule has 2 aromatic rings. The molecule has 0 unspecified atom stereocenters. The maximum absolute atomic E-state index is 12.0. The number of nitro benzene ring substituents is 1. The maximum atomic E-state index is 12.0. The van der Waals surface area contributed by atoms with Crippen LogP contribution in [0.1, 0.15) is 11.1 Å². The van der Waals surface area contributed by atoms with Gasteiger partial charge in [0.05, 0.1) is 20.1 Å². The van der Waals surface area contributed by atoms with E-state index in [0.717, 1.165) is 15.6 Å². The Morgan fingerprint density at radius 1 is 1.33 bits per heavy atom. The summed E-state index contributed by atoms with van der Waals surface area (Å²) in [4.78, 5) is 22.1. The van der Waals surface area contributed by atoms with Crippen LogP contribution in [0.15, 0.2) is 34.8 Å². The van der Waals surface area contributed by atoms with E-state index < -0.39 is 10.8 Å². The second kappa shape index (κ2) is 7.63. The zero-order chi connectivity index (χ0) is 17.9. The van der Waals surface area contributed by atoms with Crippen LogP contribution in [0.2, 0.25) is 5.02 Å². The van der Waals surface area contributed by atoms with Gasteiger partial charge in [-0.15, -0.1) is 0 Å². The molecule has 0 atom stereocenters. The number of nitro groups is 1. The summed E-state index contributed by atoms with van der Waals surface area (Å²) < 4.78 is 6.31. The van der Waals surface area contributed by atoms with E-state index in [4.69, 9.17) is 16.3 Å². The van der Waals surface area contributed by atoms with Gasteiger partial charge < -0.3 is 10.1 Å². The summed E-state index contributed by atoms with van der Waals surface area (Å²) in [6.07, 6.45) is 0. The number of carbonyl (C=O) groups is 1. The van der Waals surface area contributed by atoms with Gasteiger partial charge in [0.2, 0.25) is 0 Å². The molecule has 6 nitrogen and oxygen atoms in total. The fraction of sp³-hybridized carbons (Fsp3) is 0.188. The number of aryl methyl sites for hydroxylation is 2. The topological polar surface area (TPSA) is 81.5 Å². The fourth-order valence-corrected chi connectivity index (χ4v) is 3.14. The van der Waals surface area contributed by atoms with E-state index in [1.165, 1.54) is 18.2 Å². The Labute approximate surface area is 152 Å². The number of hydrogen-bond donors (Lipinski definition) is 1. The molecule has 0 bridgehead atoms. The van der Waals surface area contributed by atoms with E-state index in [2.05, 4.69) is 21.2 Å². The predicted molar refractivity (Wildman–Crippen MR) is 95.8 cm³/mol. The van der Waals surface area contributed by atoms with Crippen molar-refractivity contribution in [2.24, 2.45) is 0 Å². The number of hydrogen-bond acceptors (Lipinski definition) is 4. The molecule has 0 saturated carbocycles. The van der Waals surface area contributed by atoms with E-state index in [-0.39, 0.29) is 23.0 Å². The Morgan fingerprint density at radius 3 is 2.62 bits per heavy atom.